The first-order valence-corrected chi connectivity index (χ1v) is 15.4. The number of hydrogen-bond acceptors (Lipinski definition) is 9. The van der Waals surface area contributed by atoms with Crippen molar-refractivity contribution in [1.82, 2.24) is 38.7 Å². The maximum Gasteiger partial charge on any atom is 0.244 e. The van der Waals surface area contributed by atoms with E-state index >= 15 is 0 Å². The fourth-order valence-corrected chi connectivity index (χ4v) is 7.52. The largest absolute Gasteiger partial charge is 0.324 e. The van der Waals surface area contributed by atoms with Crippen LogP contribution < -0.4 is 5.32 Å². The molecule has 0 radical (unpaired) electrons. The molecule has 0 amide bonds. The molecule has 0 unspecified atom stereocenters. The van der Waals surface area contributed by atoms with Crippen LogP contribution in [0.1, 0.15) is 45.5 Å². The monoisotopic (exact) mass is 579 g/mol. The number of sulfonamides is 1. The van der Waals surface area contributed by atoms with E-state index in [1.807, 2.05) is 31.4 Å². The molecule has 216 valence electrons. The maximum atomic E-state index is 14.8. The van der Waals surface area contributed by atoms with E-state index in [0.717, 1.165) is 50.0 Å². The lowest BCUT2D eigenvalue weighted by molar-refractivity contribution is 0.00220. The van der Waals surface area contributed by atoms with Crippen LogP contribution in [0, 0.1) is 18.2 Å². The predicted molar refractivity (Wildman–Crippen MR) is 154 cm³/mol. The zero-order valence-corrected chi connectivity index (χ0v) is 24.5. The first-order chi connectivity index (χ1) is 19.6. The highest BCUT2D eigenvalue weighted by Crippen LogP contribution is 2.42. The minimum Gasteiger partial charge on any atom is -0.324 e. The SMILES string of the molecule is CCN1CCC2(CC1)CN(S(=O)(=O)c1ccc(Nc3ncc(F)c(-c4cnc5nc(C)n(C(C)C)c5c4)n3)nc1)C2. The standard InChI is InChI=1S/C28H34FN9O2S/c1-5-36-10-8-28(9-11-36)16-37(17-28)41(39,40)21-6-7-24(30-14-21)34-27-32-15-22(29)25(35-27)20-12-23-26(31-13-20)33-19(4)38(23)18(2)3/h6-7,12-15,18H,5,8-11,16-17H2,1-4H3,(H,30,32,34,35). The minimum atomic E-state index is -3.63. The van der Waals surface area contributed by atoms with Crippen molar-refractivity contribution in [2.24, 2.45) is 5.41 Å². The van der Waals surface area contributed by atoms with Gasteiger partial charge in [-0.3, -0.25) is 0 Å². The fraction of sp³-hybridized carbons (Fsp3) is 0.464. The number of halogens is 1. The molecule has 6 rings (SSSR count). The Hall–Kier alpha value is -3.55. The normalized spacial score (nSPS) is 17.8. The Morgan fingerprint density at radius 1 is 1.05 bits per heavy atom. The summed E-state index contributed by atoms with van der Waals surface area (Å²) in [6.45, 7) is 12.3. The number of piperidine rings is 1. The third kappa shape index (κ3) is 5.06. The molecule has 2 aliphatic rings. The molecule has 1 N–H and O–H groups in total. The quantitative estimate of drug-likeness (QED) is 0.344. The Labute approximate surface area is 238 Å². The molecule has 0 atom stereocenters. The number of likely N-dealkylation sites (tertiary alicyclic amines) is 1. The number of fused-ring (bicyclic) bond motifs is 1. The Bertz CT molecular complexity index is 1690. The van der Waals surface area contributed by atoms with Gasteiger partial charge in [-0.1, -0.05) is 6.92 Å². The zero-order chi connectivity index (χ0) is 28.9. The van der Waals surface area contributed by atoms with Gasteiger partial charge in [0.2, 0.25) is 16.0 Å². The number of pyridine rings is 2. The average Bonchev–Trinajstić information content (AvgIpc) is 3.28. The molecule has 0 aliphatic carbocycles. The second kappa shape index (κ2) is 10.4. The maximum absolute atomic E-state index is 14.8. The molecule has 0 aromatic carbocycles. The van der Waals surface area contributed by atoms with Gasteiger partial charge < -0.3 is 14.8 Å². The molecular formula is C28H34FN9O2S. The number of imidazole rings is 1. The summed E-state index contributed by atoms with van der Waals surface area (Å²) in [6.07, 6.45) is 6.01. The van der Waals surface area contributed by atoms with Crippen molar-refractivity contribution in [3.8, 4) is 11.3 Å². The van der Waals surface area contributed by atoms with E-state index < -0.39 is 15.8 Å². The lowest BCUT2D eigenvalue weighted by Gasteiger charge is -2.53. The lowest BCUT2D eigenvalue weighted by Crippen LogP contribution is -2.61. The lowest BCUT2D eigenvalue weighted by atomic mass is 9.73. The summed E-state index contributed by atoms with van der Waals surface area (Å²) in [5.41, 5.74) is 2.05. The second-order valence-corrected chi connectivity index (χ2v) is 13.2. The van der Waals surface area contributed by atoms with Crippen molar-refractivity contribution in [2.45, 2.75) is 51.5 Å². The summed E-state index contributed by atoms with van der Waals surface area (Å²) in [5, 5.41) is 2.95. The highest BCUT2D eigenvalue weighted by Gasteiger charge is 2.49. The summed E-state index contributed by atoms with van der Waals surface area (Å²) in [7, 11) is -3.63. The van der Waals surface area contributed by atoms with Crippen LogP contribution >= 0.6 is 0 Å². The van der Waals surface area contributed by atoms with Crippen LogP contribution in [-0.2, 0) is 10.0 Å². The van der Waals surface area contributed by atoms with Crippen LogP contribution in [0.2, 0.25) is 0 Å². The summed E-state index contributed by atoms with van der Waals surface area (Å²) >= 11 is 0. The van der Waals surface area contributed by atoms with Gasteiger partial charge in [0.15, 0.2) is 11.5 Å². The van der Waals surface area contributed by atoms with Crippen LogP contribution in [-0.4, -0.2) is 79.8 Å². The summed E-state index contributed by atoms with van der Waals surface area (Å²) in [6, 6.07) is 5.06. The number of hydrogen-bond donors (Lipinski definition) is 1. The van der Waals surface area contributed by atoms with E-state index in [1.54, 1.807) is 16.6 Å². The highest BCUT2D eigenvalue weighted by molar-refractivity contribution is 7.89. The zero-order valence-electron chi connectivity index (χ0n) is 23.7. The molecule has 2 saturated heterocycles. The van der Waals surface area contributed by atoms with Crippen molar-refractivity contribution >= 4 is 33.0 Å². The number of anilines is 2. The van der Waals surface area contributed by atoms with Gasteiger partial charge in [0.1, 0.15) is 22.2 Å². The van der Waals surface area contributed by atoms with E-state index in [-0.39, 0.29) is 28.0 Å². The van der Waals surface area contributed by atoms with Gasteiger partial charge in [0.25, 0.3) is 0 Å². The van der Waals surface area contributed by atoms with Crippen LogP contribution in [0.25, 0.3) is 22.4 Å². The van der Waals surface area contributed by atoms with Crippen LogP contribution in [0.4, 0.5) is 16.2 Å². The van der Waals surface area contributed by atoms with Crippen molar-refractivity contribution in [3.63, 3.8) is 0 Å². The Morgan fingerprint density at radius 2 is 1.80 bits per heavy atom. The Balaban J connectivity index is 1.17. The van der Waals surface area contributed by atoms with Gasteiger partial charge in [-0.2, -0.15) is 4.31 Å². The molecule has 1 spiro atoms. The third-order valence-corrected chi connectivity index (χ3v) is 10.0. The summed E-state index contributed by atoms with van der Waals surface area (Å²) in [5.74, 6) is 0.704. The first kappa shape index (κ1) is 27.6. The highest BCUT2D eigenvalue weighted by atomic mass is 32.2. The number of nitrogens with zero attached hydrogens (tertiary/aromatic N) is 8. The second-order valence-electron chi connectivity index (χ2n) is 11.3. The van der Waals surface area contributed by atoms with Gasteiger partial charge in [0.05, 0.1) is 11.7 Å². The molecular weight excluding hydrogens is 545 g/mol. The van der Waals surface area contributed by atoms with E-state index in [9.17, 15) is 12.8 Å². The first-order valence-electron chi connectivity index (χ1n) is 13.9. The van der Waals surface area contributed by atoms with E-state index in [1.165, 1.54) is 12.3 Å². The van der Waals surface area contributed by atoms with E-state index in [0.29, 0.717) is 30.1 Å². The van der Waals surface area contributed by atoms with Crippen LogP contribution in [0.15, 0.2) is 41.7 Å². The molecule has 2 aliphatic heterocycles. The van der Waals surface area contributed by atoms with Gasteiger partial charge in [-0.25, -0.2) is 37.7 Å². The number of aryl methyl sites for hydroxylation is 1. The Kier molecular flexibility index (Phi) is 6.99. The van der Waals surface area contributed by atoms with Gasteiger partial charge in [0, 0.05) is 42.5 Å². The molecule has 0 bridgehead atoms. The minimum absolute atomic E-state index is 0.0849. The van der Waals surface area contributed by atoms with Gasteiger partial charge in [-0.15, -0.1) is 0 Å². The number of aromatic nitrogens is 6. The van der Waals surface area contributed by atoms with Crippen molar-refractivity contribution < 1.29 is 12.8 Å². The molecule has 4 aromatic rings. The molecule has 6 heterocycles. The summed E-state index contributed by atoms with van der Waals surface area (Å²) < 4.78 is 44.8. The molecule has 11 nitrogen and oxygen atoms in total. The number of rotatable bonds is 7. The predicted octanol–water partition coefficient (Wildman–Crippen LogP) is 4.16. The van der Waals surface area contributed by atoms with Crippen LogP contribution in [0.5, 0.6) is 0 Å². The average molecular weight is 580 g/mol. The van der Waals surface area contributed by atoms with Crippen LogP contribution in [0.3, 0.4) is 0 Å². The number of nitrogens with one attached hydrogen (secondary N) is 1. The molecule has 13 heteroatoms. The van der Waals surface area contributed by atoms with E-state index in [4.69, 9.17) is 0 Å². The van der Waals surface area contributed by atoms with Crippen molar-refractivity contribution in [1.29, 1.82) is 0 Å². The third-order valence-electron chi connectivity index (χ3n) is 8.26. The Morgan fingerprint density at radius 3 is 2.46 bits per heavy atom. The molecule has 0 saturated carbocycles. The smallest absolute Gasteiger partial charge is 0.244 e. The van der Waals surface area contributed by atoms with E-state index in [2.05, 4.69) is 42.1 Å². The fourth-order valence-electron chi connectivity index (χ4n) is 5.90. The van der Waals surface area contributed by atoms with Crippen molar-refractivity contribution in [3.05, 3.63) is 48.4 Å². The van der Waals surface area contributed by atoms with Crippen molar-refractivity contribution in [2.75, 3.05) is 38.0 Å². The molecule has 2 fully saturated rings. The molecule has 4 aromatic heterocycles. The van der Waals surface area contributed by atoms with Gasteiger partial charge >= 0.3 is 0 Å². The topological polar surface area (TPSA) is 122 Å². The molecule has 41 heavy (non-hydrogen) atoms. The summed E-state index contributed by atoms with van der Waals surface area (Å²) in [4.78, 5) is 24.2. The van der Waals surface area contributed by atoms with Gasteiger partial charge in [-0.05, 0) is 71.4 Å².